The normalized spacial score (nSPS) is 9.93. The van der Waals surface area contributed by atoms with Crippen molar-refractivity contribution in [1.29, 1.82) is 0 Å². The van der Waals surface area contributed by atoms with E-state index in [1.807, 2.05) is 6.07 Å². The lowest BCUT2D eigenvalue weighted by Gasteiger charge is -2.08. The van der Waals surface area contributed by atoms with E-state index in [-0.39, 0.29) is 0 Å². The van der Waals surface area contributed by atoms with Crippen molar-refractivity contribution < 1.29 is 19.3 Å². The molecule has 0 spiro atoms. The maximum atomic E-state index is 10.1. The van der Waals surface area contributed by atoms with Gasteiger partial charge in [-0.3, -0.25) is 0 Å². The van der Waals surface area contributed by atoms with Gasteiger partial charge in [0, 0.05) is 0 Å². The van der Waals surface area contributed by atoms with Crippen LogP contribution >= 0.6 is 0 Å². The monoisotopic (exact) mass is 197 g/mol. The molecule has 0 unspecified atom stereocenters. The zero-order chi connectivity index (χ0) is 10.4. The summed E-state index contributed by atoms with van der Waals surface area (Å²) in [5.74, 6) is 1.30. The third-order valence-corrected chi connectivity index (χ3v) is 1.80. The summed E-state index contributed by atoms with van der Waals surface area (Å²) in [6.45, 7) is -0.238. The molecule has 0 saturated heterocycles. The summed E-state index contributed by atoms with van der Waals surface area (Å²) >= 11 is 0. The molecule has 4 heteroatoms. The molecule has 0 heterocycles. The molecule has 0 bridgehead atoms. The molecule has 0 N–H and O–H groups in total. The van der Waals surface area contributed by atoms with Crippen LogP contribution in [0.5, 0.6) is 11.5 Å². The molecule has 0 amide bonds. The summed E-state index contributed by atoms with van der Waals surface area (Å²) in [4.78, 5) is 0. The van der Waals surface area contributed by atoms with Crippen LogP contribution in [-0.4, -0.2) is 21.0 Å². The van der Waals surface area contributed by atoms with Gasteiger partial charge in [-0.15, -0.1) is 0 Å². The molecule has 1 aromatic carbocycles. The second kappa shape index (κ2) is 5.47. The first-order valence-corrected chi connectivity index (χ1v) is 4.18. The number of hydrogen-bond acceptors (Lipinski definition) is 3. The predicted octanol–water partition coefficient (Wildman–Crippen LogP) is 1.61. The molecule has 0 aromatic heterocycles. The van der Waals surface area contributed by atoms with Crippen LogP contribution in [0.3, 0.4) is 0 Å². The van der Waals surface area contributed by atoms with Crippen molar-refractivity contribution >= 4 is 0 Å². The lowest BCUT2D eigenvalue weighted by atomic mass is 10.2. The van der Waals surface area contributed by atoms with Crippen LogP contribution in [0.4, 0.5) is 0 Å². The summed E-state index contributed by atoms with van der Waals surface area (Å²) < 4.78 is 14.9. The maximum absolute atomic E-state index is 10.1. The predicted molar refractivity (Wildman–Crippen MR) is 49.9 cm³/mol. The van der Waals surface area contributed by atoms with E-state index in [0.717, 1.165) is 5.56 Å². The van der Waals surface area contributed by atoms with Crippen molar-refractivity contribution in [2.45, 2.75) is 6.61 Å². The van der Waals surface area contributed by atoms with Gasteiger partial charge in [-0.1, -0.05) is 6.07 Å². The highest BCUT2D eigenvalue weighted by atomic mass is 16.6. The van der Waals surface area contributed by atoms with Gasteiger partial charge in [-0.05, 0) is 17.7 Å². The maximum Gasteiger partial charge on any atom is 0.181 e. The second-order valence-electron chi connectivity index (χ2n) is 2.66. The fraction of sp³-hybridized carbons (Fsp3) is 0.400. The lowest BCUT2D eigenvalue weighted by molar-refractivity contribution is -0.0522. The Hall–Kier alpha value is -1.26. The van der Waals surface area contributed by atoms with E-state index in [1.165, 1.54) is 0 Å². The van der Waals surface area contributed by atoms with Crippen LogP contribution < -0.4 is 9.47 Å². The van der Waals surface area contributed by atoms with Gasteiger partial charge in [0.1, 0.15) is 0 Å². The van der Waals surface area contributed by atoms with Crippen LogP contribution in [0.25, 0.3) is 0 Å². The van der Waals surface area contributed by atoms with Gasteiger partial charge in [0.05, 0.1) is 20.8 Å². The molecule has 0 fully saturated rings. The SMILES string of the molecule is COc1ccc(COC[O])cc1OC. The first-order chi connectivity index (χ1) is 6.81. The third-order valence-electron chi connectivity index (χ3n) is 1.80. The van der Waals surface area contributed by atoms with Crippen molar-refractivity contribution in [3.63, 3.8) is 0 Å². The highest BCUT2D eigenvalue weighted by Crippen LogP contribution is 2.27. The van der Waals surface area contributed by atoms with Crippen LogP contribution in [-0.2, 0) is 16.5 Å². The Morgan fingerprint density at radius 1 is 1.14 bits per heavy atom. The molecule has 0 saturated carbocycles. The molecular formula is C10H13O4. The highest BCUT2D eigenvalue weighted by molar-refractivity contribution is 5.42. The molecule has 0 aliphatic rings. The average Bonchev–Trinajstić information content (AvgIpc) is 2.25. The van der Waals surface area contributed by atoms with Gasteiger partial charge in [-0.2, -0.15) is 0 Å². The smallest absolute Gasteiger partial charge is 0.181 e. The van der Waals surface area contributed by atoms with Crippen molar-refractivity contribution in [2.75, 3.05) is 21.0 Å². The Kier molecular flexibility index (Phi) is 4.22. The van der Waals surface area contributed by atoms with Crippen LogP contribution in [0, 0.1) is 0 Å². The minimum Gasteiger partial charge on any atom is -0.493 e. The van der Waals surface area contributed by atoms with Crippen molar-refractivity contribution in [1.82, 2.24) is 0 Å². The topological polar surface area (TPSA) is 47.6 Å². The fourth-order valence-corrected chi connectivity index (χ4v) is 1.13. The number of ether oxygens (including phenoxy) is 3. The number of methoxy groups -OCH3 is 2. The highest BCUT2D eigenvalue weighted by Gasteiger charge is 2.03. The summed E-state index contributed by atoms with van der Waals surface area (Å²) in [6.07, 6.45) is 0. The van der Waals surface area contributed by atoms with Gasteiger partial charge in [0.25, 0.3) is 0 Å². The molecule has 1 aromatic rings. The minimum atomic E-state index is -0.533. The molecule has 1 radical (unpaired) electrons. The van der Waals surface area contributed by atoms with Crippen molar-refractivity contribution in [3.8, 4) is 11.5 Å². The van der Waals surface area contributed by atoms with Gasteiger partial charge in [-0.25, -0.2) is 5.11 Å². The second-order valence-corrected chi connectivity index (χ2v) is 2.66. The van der Waals surface area contributed by atoms with E-state index >= 15 is 0 Å². The number of hydrogen-bond donors (Lipinski definition) is 0. The minimum absolute atomic E-state index is 0.295. The fourth-order valence-electron chi connectivity index (χ4n) is 1.13. The molecule has 0 aliphatic carbocycles. The zero-order valence-electron chi connectivity index (χ0n) is 8.28. The Labute approximate surface area is 83.0 Å². The zero-order valence-corrected chi connectivity index (χ0v) is 8.28. The van der Waals surface area contributed by atoms with Crippen LogP contribution in [0.15, 0.2) is 18.2 Å². The summed E-state index contributed by atoms with van der Waals surface area (Å²) in [5.41, 5.74) is 0.888. The largest absolute Gasteiger partial charge is 0.493 e. The first kappa shape index (κ1) is 10.8. The van der Waals surface area contributed by atoms with E-state index in [1.54, 1.807) is 26.4 Å². The third kappa shape index (κ3) is 2.61. The van der Waals surface area contributed by atoms with E-state index in [2.05, 4.69) is 0 Å². The first-order valence-electron chi connectivity index (χ1n) is 4.18. The van der Waals surface area contributed by atoms with E-state index in [4.69, 9.17) is 14.2 Å². The average molecular weight is 197 g/mol. The molecular weight excluding hydrogens is 184 g/mol. The van der Waals surface area contributed by atoms with E-state index in [9.17, 15) is 5.11 Å². The summed E-state index contributed by atoms with van der Waals surface area (Å²) in [7, 11) is 3.14. The molecule has 1 rings (SSSR count). The van der Waals surface area contributed by atoms with Gasteiger partial charge in [0.15, 0.2) is 18.3 Å². The van der Waals surface area contributed by atoms with Gasteiger partial charge >= 0.3 is 0 Å². The number of benzene rings is 1. The van der Waals surface area contributed by atoms with Crippen molar-refractivity contribution in [2.24, 2.45) is 0 Å². The van der Waals surface area contributed by atoms with Crippen LogP contribution in [0.2, 0.25) is 0 Å². The Balaban J connectivity index is 2.79. The quantitative estimate of drug-likeness (QED) is 0.674. The molecule has 0 aliphatic heterocycles. The summed E-state index contributed by atoms with van der Waals surface area (Å²) in [5, 5.41) is 10.1. The Morgan fingerprint density at radius 3 is 2.43 bits per heavy atom. The molecule has 0 atom stereocenters. The van der Waals surface area contributed by atoms with Crippen LogP contribution in [0.1, 0.15) is 5.56 Å². The van der Waals surface area contributed by atoms with Gasteiger partial charge < -0.3 is 14.2 Å². The molecule has 77 valence electrons. The van der Waals surface area contributed by atoms with Crippen molar-refractivity contribution in [3.05, 3.63) is 23.8 Å². The number of rotatable bonds is 5. The molecule has 4 nitrogen and oxygen atoms in total. The molecule has 14 heavy (non-hydrogen) atoms. The Bertz CT molecular complexity index is 285. The van der Waals surface area contributed by atoms with E-state index < -0.39 is 6.79 Å². The van der Waals surface area contributed by atoms with Gasteiger partial charge in [0.2, 0.25) is 0 Å². The Morgan fingerprint density at radius 2 is 1.86 bits per heavy atom. The lowest BCUT2D eigenvalue weighted by Crippen LogP contribution is -1.95. The van der Waals surface area contributed by atoms with E-state index in [0.29, 0.717) is 18.1 Å². The summed E-state index contributed by atoms with van der Waals surface area (Å²) in [6, 6.07) is 5.40. The standard InChI is InChI=1S/C10H13O4/c1-12-9-4-3-8(6-14-7-11)5-10(9)13-2/h3-5H,6-7H2,1-2H3.